The molecule has 10 heteroatoms. The summed E-state index contributed by atoms with van der Waals surface area (Å²) >= 11 is 0. The van der Waals surface area contributed by atoms with Crippen molar-refractivity contribution in [2.75, 3.05) is 18.5 Å². The molecule has 0 saturated carbocycles. The predicted molar refractivity (Wildman–Crippen MR) is 107 cm³/mol. The first-order valence-electron chi connectivity index (χ1n) is 9.71. The third kappa shape index (κ3) is 4.40. The average molecular weight is 434 g/mol. The molecule has 0 aliphatic carbocycles. The van der Waals surface area contributed by atoms with Crippen LogP contribution >= 0.6 is 0 Å². The van der Waals surface area contributed by atoms with E-state index >= 15 is 0 Å². The minimum absolute atomic E-state index is 0.102. The second kappa shape index (κ2) is 7.61. The summed E-state index contributed by atoms with van der Waals surface area (Å²) in [6.07, 6.45) is -2.01. The van der Waals surface area contributed by atoms with E-state index in [4.69, 9.17) is 4.74 Å². The average Bonchev–Trinajstić information content (AvgIpc) is 3.35. The van der Waals surface area contributed by atoms with E-state index in [1.807, 2.05) is 6.20 Å². The summed E-state index contributed by atoms with van der Waals surface area (Å²) in [6, 6.07) is 6.53. The number of carbonyl (C=O) groups is 1. The highest BCUT2D eigenvalue weighted by molar-refractivity contribution is 6.04. The van der Waals surface area contributed by atoms with E-state index in [0.717, 1.165) is 18.6 Å². The van der Waals surface area contributed by atoms with Crippen LogP contribution in [0.1, 0.15) is 48.1 Å². The van der Waals surface area contributed by atoms with E-state index in [0.29, 0.717) is 29.7 Å². The van der Waals surface area contributed by atoms with Crippen molar-refractivity contribution in [3.8, 4) is 0 Å². The van der Waals surface area contributed by atoms with Crippen LogP contribution < -0.4 is 5.32 Å². The fourth-order valence-electron chi connectivity index (χ4n) is 3.52. The molecule has 7 nitrogen and oxygen atoms in total. The Kier molecular flexibility index (Phi) is 5.22. The molecule has 1 saturated heterocycles. The standard InChI is InChI=1S/C21H21F3N4O3/c1-20(2,30)14-9-16-12(10-28(27-16)13-6-7-31-11-13)8-17(14)26-19(29)15-4-3-5-18(25-15)21(22,23)24/h3-5,8-10,13,30H,6-7,11H2,1-2H3,(H,26,29)/t13-/m1/s1. The number of nitrogens with zero attached hydrogens (tertiary/aromatic N) is 3. The van der Waals surface area contributed by atoms with E-state index in [1.165, 1.54) is 6.07 Å². The van der Waals surface area contributed by atoms with Gasteiger partial charge in [-0.05, 0) is 44.5 Å². The van der Waals surface area contributed by atoms with E-state index in [2.05, 4.69) is 15.4 Å². The van der Waals surface area contributed by atoms with Crippen LogP contribution in [0.3, 0.4) is 0 Å². The third-order valence-electron chi connectivity index (χ3n) is 5.12. The molecule has 1 amide bonds. The molecular weight excluding hydrogens is 413 g/mol. The van der Waals surface area contributed by atoms with Crippen LogP contribution in [0.2, 0.25) is 0 Å². The lowest BCUT2D eigenvalue weighted by atomic mass is 9.95. The van der Waals surface area contributed by atoms with Gasteiger partial charge in [0.1, 0.15) is 11.4 Å². The Morgan fingerprint density at radius 2 is 2.06 bits per heavy atom. The van der Waals surface area contributed by atoms with Crippen molar-refractivity contribution in [1.82, 2.24) is 14.8 Å². The van der Waals surface area contributed by atoms with Gasteiger partial charge in [-0.15, -0.1) is 0 Å². The largest absolute Gasteiger partial charge is 0.433 e. The molecule has 0 spiro atoms. The van der Waals surface area contributed by atoms with Crippen molar-refractivity contribution < 1.29 is 27.8 Å². The van der Waals surface area contributed by atoms with Gasteiger partial charge in [-0.1, -0.05) is 6.07 Å². The molecular formula is C21H21F3N4O3. The number of amides is 1. The number of aromatic nitrogens is 3. The van der Waals surface area contributed by atoms with Gasteiger partial charge in [0.25, 0.3) is 5.91 Å². The maximum atomic E-state index is 12.9. The normalized spacial score (nSPS) is 17.3. The lowest BCUT2D eigenvalue weighted by Gasteiger charge is -2.22. The van der Waals surface area contributed by atoms with Crippen LogP contribution in [0.4, 0.5) is 18.9 Å². The number of benzene rings is 1. The Bertz CT molecular complexity index is 1130. The van der Waals surface area contributed by atoms with Gasteiger partial charge in [0.05, 0.1) is 23.8 Å². The molecule has 3 aromatic rings. The number of nitrogens with one attached hydrogen (secondary N) is 1. The van der Waals surface area contributed by atoms with Crippen LogP contribution in [0, 0.1) is 0 Å². The van der Waals surface area contributed by atoms with Crippen LogP contribution in [-0.2, 0) is 16.5 Å². The van der Waals surface area contributed by atoms with Crippen LogP contribution in [-0.4, -0.2) is 39.0 Å². The smallest absolute Gasteiger partial charge is 0.386 e. The van der Waals surface area contributed by atoms with E-state index in [-0.39, 0.29) is 17.4 Å². The predicted octanol–water partition coefficient (Wildman–Crippen LogP) is 3.89. The zero-order valence-corrected chi connectivity index (χ0v) is 16.9. The highest BCUT2D eigenvalue weighted by atomic mass is 19.4. The van der Waals surface area contributed by atoms with Crippen molar-refractivity contribution in [2.24, 2.45) is 0 Å². The molecule has 164 valence electrons. The SMILES string of the molecule is CC(C)(O)c1cc2nn([C@@H]3CCOC3)cc2cc1NC(=O)c1cccc(C(F)(F)F)n1. The van der Waals surface area contributed by atoms with Crippen molar-refractivity contribution >= 4 is 22.5 Å². The van der Waals surface area contributed by atoms with E-state index < -0.39 is 23.4 Å². The number of fused-ring (bicyclic) bond motifs is 1. The third-order valence-corrected chi connectivity index (χ3v) is 5.12. The molecule has 0 bridgehead atoms. The molecule has 31 heavy (non-hydrogen) atoms. The quantitative estimate of drug-likeness (QED) is 0.650. The minimum Gasteiger partial charge on any atom is -0.386 e. The molecule has 2 aromatic heterocycles. The van der Waals surface area contributed by atoms with Gasteiger partial charge in [0, 0.05) is 29.4 Å². The molecule has 1 aliphatic heterocycles. The summed E-state index contributed by atoms with van der Waals surface area (Å²) in [5.41, 5.74) is -1.59. The lowest BCUT2D eigenvalue weighted by molar-refractivity contribution is -0.141. The highest BCUT2D eigenvalue weighted by Gasteiger charge is 2.33. The van der Waals surface area contributed by atoms with E-state index in [1.54, 1.807) is 30.7 Å². The van der Waals surface area contributed by atoms with Gasteiger partial charge >= 0.3 is 6.18 Å². The topological polar surface area (TPSA) is 89.3 Å². The second-order valence-corrected chi connectivity index (χ2v) is 8.00. The number of carbonyl (C=O) groups excluding carboxylic acids is 1. The maximum Gasteiger partial charge on any atom is 0.433 e. The minimum atomic E-state index is -4.66. The van der Waals surface area contributed by atoms with Crippen LogP contribution in [0.25, 0.3) is 10.9 Å². The van der Waals surface area contributed by atoms with Gasteiger partial charge in [-0.2, -0.15) is 18.3 Å². The number of pyridine rings is 1. The van der Waals surface area contributed by atoms with Gasteiger partial charge in [-0.25, -0.2) is 4.98 Å². The fourth-order valence-corrected chi connectivity index (χ4v) is 3.52. The molecule has 3 heterocycles. The Morgan fingerprint density at radius 3 is 2.71 bits per heavy atom. The summed E-state index contributed by atoms with van der Waals surface area (Å²) in [6.45, 7) is 4.31. The molecule has 1 fully saturated rings. The van der Waals surface area contributed by atoms with Crippen LogP contribution in [0.5, 0.6) is 0 Å². The van der Waals surface area contributed by atoms with Gasteiger partial charge in [0.2, 0.25) is 0 Å². The second-order valence-electron chi connectivity index (χ2n) is 8.00. The first-order valence-corrected chi connectivity index (χ1v) is 9.71. The molecule has 4 rings (SSSR count). The zero-order valence-electron chi connectivity index (χ0n) is 16.9. The van der Waals surface area contributed by atoms with Crippen molar-refractivity contribution in [3.63, 3.8) is 0 Å². The molecule has 1 aromatic carbocycles. The Labute approximate surface area is 175 Å². The maximum absolute atomic E-state index is 12.9. The molecule has 2 N–H and O–H groups in total. The van der Waals surface area contributed by atoms with Crippen molar-refractivity contribution in [2.45, 2.75) is 38.1 Å². The summed E-state index contributed by atoms with van der Waals surface area (Å²) in [5, 5.41) is 18.5. The Morgan fingerprint density at radius 1 is 1.29 bits per heavy atom. The number of alkyl halides is 3. The van der Waals surface area contributed by atoms with Crippen LogP contribution in [0.15, 0.2) is 36.5 Å². The first kappa shape index (κ1) is 21.3. The van der Waals surface area contributed by atoms with E-state index in [9.17, 15) is 23.1 Å². The summed E-state index contributed by atoms with van der Waals surface area (Å²) in [7, 11) is 0. The number of hydrogen-bond acceptors (Lipinski definition) is 5. The Hall–Kier alpha value is -2.98. The monoisotopic (exact) mass is 434 g/mol. The Balaban J connectivity index is 1.71. The number of hydrogen-bond donors (Lipinski definition) is 2. The summed E-state index contributed by atoms with van der Waals surface area (Å²) in [5.74, 6) is -0.812. The van der Waals surface area contributed by atoms with Crippen molar-refractivity contribution in [1.29, 1.82) is 0 Å². The van der Waals surface area contributed by atoms with Gasteiger partial charge in [-0.3, -0.25) is 9.48 Å². The molecule has 0 radical (unpaired) electrons. The van der Waals surface area contributed by atoms with Gasteiger partial charge < -0.3 is 15.2 Å². The molecule has 1 atom stereocenters. The highest BCUT2D eigenvalue weighted by Crippen LogP contribution is 2.33. The number of anilines is 1. The van der Waals surface area contributed by atoms with Crippen molar-refractivity contribution in [3.05, 3.63) is 53.5 Å². The number of ether oxygens (including phenoxy) is 1. The number of aliphatic hydroxyl groups is 1. The molecule has 1 aliphatic rings. The summed E-state index contributed by atoms with van der Waals surface area (Å²) in [4.78, 5) is 16.1. The lowest BCUT2D eigenvalue weighted by Crippen LogP contribution is -2.22. The van der Waals surface area contributed by atoms with Gasteiger partial charge in [0.15, 0.2) is 0 Å². The fraction of sp³-hybridized carbons (Fsp3) is 0.381. The summed E-state index contributed by atoms with van der Waals surface area (Å²) < 4.78 is 46.0. The first-order chi connectivity index (χ1) is 14.5. The number of rotatable bonds is 4. The molecule has 0 unspecified atom stereocenters. The zero-order chi connectivity index (χ0) is 22.4. The number of halogens is 3.